The fourth-order valence-corrected chi connectivity index (χ4v) is 0.455. The minimum atomic E-state index is -0.706. The molecule has 7 heavy (non-hydrogen) atoms. The summed E-state index contributed by atoms with van der Waals surface area (Å²) in [6.45, 7) is -0.181. The Labute approximate surface area is 41.9 Å². The zero-order valence-corrected chi connectivity index (χ0v) is 3.79. The summed E-state index contributed by atoms with van der Waals surface area (Å²) < 4.78 is 0. The Bertz CT molecular complexity index is 119. The van der Waals surface area contributed by atoms with Crippen molar-refractivity contribution in [3.05, 3.63) is 12.1 Å². The summed E-state index contributed by atoms with van der Waals surface area (Å²) in [5.74, 6) is 0.991. The molecule has 1 aliphatic heterocycles. The molecule has 1 heterocycles. The second-order valence-corrected chi connectivity index (χ2v) is 1.61. The van der Waals surface area contributed by atoms with Gasteiger partial charge in [-0.15, -0.1) is 12.1 Å². The fraction of sp³-hybridized carbons (Fsp3) is 0.250. The van der Waals surface area contributed by atoms with Gasteiger partial charge in [0.25, 0.3) is 5.87 Å². The molecule has 0 aromatic rings. The summed E-state index contributed by atoms with van der Waals surface area (Å²) in [6.07, 6.45) is 2.58. The largest absolute Gasteiger partial charge is 0.489 e. The highest BCUT2D eigenvalue weighted by Crippen LogP contribution is 2.07. The lowest BCUT2D eigenvalue weighted by Gasteiger charge is -2.05. The number of carboxylic acid groups (broad SMARTS) is 1. The number of allylic oxidation sites excluding steroid dienone is 1. The van der Waals surface area contributed by atoms with Crippen LogP contribution in [0.25, 0.3) is 0 Å². The predicted octanol–water partition coefficient (Wildman–Crippen LogP) is 0.850. The van der Waals surface area contributed by atoms with Crippen LogP contribution in [0.3, 0.4) is 0 Å². The van der Waals surface area contributed by atoms with Gasteiger partial charge in [0.15, 0.2) is 0 Å². The highest BCUT2D eigenvalue weighted by molar-refractivity contribution is 6.94. The van der Waals surface area contributed by atoms with Crippen LogP contribution < -0.4 is 0 Å². The van der Waals surface area contributed by atoms with E-state index >= 15 is 0 Å². The zero-order chi connectivity index (χ0) is 5.28. The smallest absolute Gasteiger partial charge is 0.306 e. The molecule has 0 atom stereocenters. The summed E-state index contributed by atoms with van der Waals surface area (Å²) in [5.41, 5.74) is 0. The number of hydrogen-bond donors (Lipinski definition) is 1. The van der Waals surface area contributed by atoms with Crippen LogP contribution in [0.4, 0.5) is 4.79 Å². The van der Waals surface area contributed by atoms with Crippen LogP contribution in [-0.2, 0) is 0 Å². The Morgan fingerprint density at radius 2 is 2.43 bits per heavy atom. The van der Waals surface area contributed by atoms with Crippen LogP contribution in [0.5, 0.6) is 0 Å². The maximum atomic E-state index is 9.93. The van der Waals surface area contributed by atoms with Crippen molar-refractivity contribution in [2.24, 2.45) is 0 Å². The molecule has 0 spiro atoms. The SMILES string of the molecule is O=C(O)B1C=CC1. The molecule has 2 nitrogen and oxygen atoms in total. The van der Waals surface area contributed by atoms with Crippen LogP contribution in [-0.4, -0.2) is 17.7 Å². The second kappa shape index (κ2) is 1.41. The minimum Gasteiger partial charge on any atom is -0.489 e. The van der Waals surface area contributed by atoms with Crippen LogP contribution in [0.2, 0.25) is 6.32 Å². The molecule has 0 bridgehead atoms. The Morgan fingerprint density at radius 3 is 2.43 bits per heavy atom. The summed E-state index contributed by atoms with van der Waals surface area (Å²) >= 11 is 0. The molecule has 1 aliphatic rings. The van der Waals surface area contributed by atoms with E-state index < -0.39 is 5.87 Å². The van der Waals surface area contributed by atoms with E-state index in [1.165, 1.54) is 0 Å². The van der Waals surface area contributed by atoms with Crippen molar-refractivity contribution in [1.82, 2.24) is 0 Å². The molecular weight excluding hydrogens is 90.9 g/mol. The van der Waals surface area contributed by atoms with Crippen molar-refractivity contribution < 1.29 is 9.90 Å². The molecule has 0 unspecified atom stereocenters. The lowest BCUT2D eigenvalue weighted by Crippen LogP contribution is -2.25. The molecule has 36 valence electrons. The van der Waals surface area contributed by atoms with E-state index in [9.17, 15) is 4.79 Å². The first-order chi connectivity index (χ1) is 3.30. The number of hydrogen-bond acceptors (Lipinski definition) is 1. The van der Waals surface area contributed by atoms with E-state index in [4.69, 9.17) is 5.11 Å². The van der Waals surface area contributed by atoms with Gasteiger partial charge in [0, 0.05) is 0 Å². The van der Waals surface area contributed by atoms with Gasteiger partial charge < -0.3 is 5.11 Å². The minimum absolute atomic E-state index is 0.181. The molecule has 1 rings (SSSR count). The van der Waals surface area contributed by atoms with Crippen LogP contribution in [0, 0.1) is 0 Å². The van der Waals surface area contributed by atoms with E-state index in [-0.39, 0.29) is 6.71 Å². The Morgan fingerprint density at radius 1 is 1.86 bits per heavy atom. The first-order valence-corrected chi connectivity index (χ1v) is 2.20. The van der Waals surface area contributed by atoms with Gasteiger partial charge in [-0.25, -0.2) is 0 Å². The van der Waals surface area contributed by atoms with Gasteiger partial charge in [-0.2, -0.15) is 0 Å². The van der Waals surface area contributed by atoms with Crippen molar-refractivity contribution in [2.75, 3.05) is 0 Å². The average Bonchev–Trinajstić information content (AvgIpc) is 1.23. The molecule has 0 aromatic carbocycles. The second-order valence-electron chi connectivity index (χ2n) is 1.61. The average molecular weight is 95.9 g/mol. The normalized spacial score (nSPS) is 16.3. The van der Waals surface area contributed by atoms with Crippen molar-refractivity contribution in [3.63, 3.8) is 0 Å². The molecule has 0 amide bonds. The fourth-order valence-electron chi connectivity index (χ4n) is 0.455. The summed E-state index contributed by atoms with van der Waals surface area (Å²) in [4.78, 5) is 9.93. The van der Waals surface area contributed by atoms with E-state index in [2.05, 4.69) is 0 Å². The van der Waals surface area contributed by atoms with Gasteiger partial charge in [-0.3, -0.25) is 4.79 Å². The predicted molar refractivity (Wildman–Crippen MR) is 27.7 cm³/mol. The van der Waals surface area contributed by atoms with Gasteiger partial charge >= 0.3 is 6.71 Å². The van der Waals surface area contributed by atoms with Gasteiger partial charge in [0.1, 0.15) is 0 Å². The Hall–Kier alpha value is -0.725. The third kappa shape index (κ3) is 0.658. The molecule has 0 saturated heterocycles. The van der Waals surface area contributed by atoms with Crippen LogP contribution in [0.15, 0.2) is 12.1 Å². The highest BCUT2D eigenvalue weighted by atomic mass is 16.4. The third-order valence-corrected chi connectivity index (χ3v) is 1.08. The van der Waals surface area contributed by atoms with E-state index in [1.807, 2.05) is 6.08 Å². The molecule has 1 N–H and O–H groups in total. The van der Waals surface area contributed by atoms with Crippen LogP contribution in [0.1, 0.15) is 0 Å². The first kappa shape index (κ1) is 4.43. The number of rotatable bonds is 1. The van der Waals surface area contributed by atoms with Gasteiger partial charge in [0.2, 0.25) is 0 Å². The molecule has 3 heteroatoms. The van der Waals surface area contributed by atoms with E-state index in [0.29, 0.717) is 0 Å². The summed E-state index contributed by atoms with van der Waals surface area (Å²) in [6, 6.07) is 0. The summed E-state index contributed by atoms with van der Waals surface area (Å²) in [5, 5.41) is 8.18. The standard InChI is InChI=1S/C4H5BO2/c6-4(7)5-2-1-3-5/h1-2H,3H2,(H,6,7). The Kier molecular flexibility index (Phi) is 0.892. The van der Waals surface area contributed by atoms with Gasteiger partial charge in [0.05, 0.1) is 0 Å². The van der Waals surface area contributed by atoms with Crippen LogP contribution >= 0.6 is 0 Å². The lowest BCUT2D eigenvalue weighted by molar-refractivity contribution is 0.219. The van der Waals surface area contributed by atoms with Gasteiger partial charge in [-0.1, -0.05) is 0 Å². The zero-order valence-electron chi connectivity index (χ0n) is 3.79. The van der Waals surface area contributed by atoms with E-state index in [1.54, 1.807) is 5.98 Å². The number of carbonyl (C=O) groups is 1. The first-order valence-electron chi connectivity index (χ1n) is 2.20. The summed E-state index contributed by atoms with van der Waals surface area (Å²) in [7, 11) is 0. The molecular formula is C4H5BO2. The quantitative estimate of drug-likeness (QED) is 0.491. The van der Waals surface area contributed by atoms with Crippen molar-refractivity contribution in [2.45, 2.75) is 6.32 Å². The molecule has 0 fully saturated rings. The van der Waals surface area contributed by atoms with E-state index in [0.717, 1.165) is 6.32 Å². The molecule has 0 aliphatic carbocycles. The Balaban J connectivity index is 2.44. The maximum absolute atomic E-state index is 9.93. The lowest BCUT2D eigenvalue weighted by atomic mass is 9.41. The monoisotopic (exact) mass is 96.0 g/mol. The van der Waals surface area contributed by atoms with Crippen molar-refractivity contribution in [3.8, 4) is 0 Å². The molecule has 0 radical (unpaired) electrons. The van der Waals surface area contributed by atoms with Crippen molar-refractivity contribution in [1.29, 1.82) is 0 Å². The maximum Gasteiger partial charge on any atom is 0.306 e. The topological polar surface area (TPSA) is 37.3 Å². The van der Waals surface area contributed by atoms with Gasteiger partial charge in [-0.05, 0) is 6.32 Å². The molecule has 0 aromatic heterocycles. The van der Waals surface area contributed by atoms with Crippen molar-refractivity contribution >= 4 is 12.6 Å². The molecule has 0 saturated carbocycles. The third-order valence-electron chi connectivity index (χ3n) is 1.08. The highest BCUT2D eigenvalue weighted by Gasteiger charge is 2.23.